The Labute approximate surface area is 89.2 Å². The van der Waals surface area contributed by atoms with Crippen molar-refractivity contribution in [3.63, 3.8) is 0 Å². The molecular formula is C12H15FS. The van der Waals surface area contributed by atoms with Gasteiger partial charge < -0.3 is 0 Å². The first kappa shape index (κ1) is 11.3. The third kappa shape index (κ3) is 5.07. The first-order valence-electron chi connectivity index (χ1n) is 4.80. The van der Waals surface area contributed by atoms with E-state index in [-0.39, 0.29) is 5.16 Å². The Hall–Kier alpha value is -0.760. The van der Waals surface area contributed by atoms with Gasteiger partial charge in [0.05, 0.1) is 0 Å². The highest BCUT2D eigenvalue weighted by Gasteiger charge is 1.94. The van der Waals surface area contributed by atoms with Gasteiger partial charge in [0.2, 0.25) is 0 Å². The summed E-state index contributed by atoms with van der Waals surface area (Å²) in [7, 11) is 0. The maximum absolute atomic E-state index is 12.2. The van der Waals surface area contributed by atoms with Crippen molar-refractivity contribution < 1.29 is 4.39 Å². The number of aryl methyl sites for hydroxylation is 1. The van der Waals surface area contributed by atoms with Crippen LogP contribution >= 0.6 is 11.8 Å². The Morgan fingerprint density at radius 2 is 1.93 bits per heavy atom. The first-order chi connectivity index (χ1) is 6.79. The van der Waals surface area contributed by atoms with Crippen molar-refractivity contribution in [2.75, 3.05) is 5.75 Å². The molecule has 0 fully saturated rings. The molecule has 0 spiro atoms. The van der Waals surface area contributed by atoms with Crippen LogP contribution in [0.2, 0.25) is 0 Å². The van der Waals surface area contributed by atoms with Gasteiger partial charge in [-0.25, -0.2) is 4.39 Å². The van der Waals surface area contributed by atoms with Gasteiger partial charge in [0.25, 0.3) is 0 Å². The number of hydrogen-bond donors (Lipinski definition) is 0. The van der Waals surface area contributed by atoms with E-state index in [1.54, 1.807) is 0 Å². The lowest BCUT2D eigenvalue weighted by molar-refractivity contribution is 0.702. The van der Waals surface area contributed by atoms with Gasteiger partial charge in [0.15, 0.2) is 0 Å². The van der Waals surface area contributed by atoms with Gasteiger partial charge in [-0.3, -0.25) is 0 Å². The van der Waals surface area contributed by atoms with Gasteiger partial charge in [-0.1, -0.05) is 48.7 Å². The molecule has 0 heterocycles. The number of unbranched alkanes of at least 4 members (excludes halogenated alkanes) is 1. The number of rotatable bonds is 6. The molecule has 0 aromatic heterocycles. The molecule has 0 saturated heterocycles. The van der Waals surface area contributed by atoms with Crippen molar-refractivity contribution in [3.8, 4) is 0 Å². The third-order valence-electron chi connectivity index (χ3n) is 1.96. The van der Waals surface area contributed by atoms with Crippen molar-refractivity contribution in [2.24, 2.45) is 0 Å². The van der Waals surface area contributed by atoms with Crippen LogP contribution in [0.3, 0.4) is 0 Å². The molecule has 0 aliphatic heterocycles. The molecule has 2 heteroatoms. The summed E-state index contributed by atoms with van der Waals surface area (Å²) in [4.78, 5) is 0. The monoisotopic (exact) mass is 210 g/mol. The Morgan fingerprint density at radius 1 is 1.21 bits per heavy atom. The quantitative estimate of drug-likeness (QED) is 0.635. The SMILES string of the molecule is C=C(F)SCCCCc1ccccc1. The van der Waals surface area contributed by atoms with E-state index in [2.05, 4.69) is 18.7 Å². The summed E-state index contributed by atoms with van der Waals surface area (Å²) >= 11 is 1.21. The highest BCUT2D eigenvalue weighted by Crippen LogP contribution is 2.16. The van der Waals surface area contributed by atoms with Gasteiger partial charge in [-0.2, -0.15) is 0 Å². The van der Waals surface area contributed by atoms with Gasteiger partial charge in [0, 0.05) is 5.75 Å². The Balaban J connectivity index is 2.08. The van der Waals surface area contributed by atoms with E-state index < -0.39 is 0 Å². The summed E-state index contributed by atoms with van der Waals surface area (Å²) in [5.74, 6) is 0.835. The first-order valence-corrected chi connectivity index (χ1v) is 5.79. The molecule has 76 valence electrons. The molecule has 0 nitrogen and oxygen atoms in total. The molecule has 0 saturated carbocycles. The minimum Gasteiger partial charge on any atom is -0.200 e. The van der Waals surface area contributed by atoms with Crippen molar-refractivity contribution in [3.05, 3.63) is 47.6 Å². The number of thioether (sulfide) groups is 1. The fourth-order valence-electron chi connectivity index (χ4n) is 1.26. The van der Waals surface area contributed by atoms with Crippen LogP contribution in [0.15, 0.2) is 42.1 Å². The van der Waals surface area contributed by atoms with Crippen LogP contribution in [0.1, 0.15) is 18.4 Å². The van der Waals surface area contributed by atoms with Crippen molar-refractivity contribution >= 4 is 11.8 Å². The van der Waals surface area contributed by atoms with Crippen LogP contribution in [0.4, 0.5) is 4.39 Å². The molecule has 0 aliphatic rings. The largest absolute Gasteiger partial charge is 0.200 e. The fraction of sp³-hybridized carbons (Fsp3) is 0.333. The molecule has 0 radical (unpaired) electrons. The predicted octanol–water partition coefficient (Wildman–Crippen LogP) is 4.18. The summed E-state index contributed by atoms with van der Waals surface area (Å²) in [5, 5.41) is -0.273. The Morgan fingerprint density at radius 3 is 2.57 bits per heavy atom. The highest BCUT2D eigenvalue weighted by molar-refractivity contribution is 8.02. The second kappa shape index (κ2) is 6.66. The number of benzene rings is 1. The summed E-state index contributed by atoms with van der Waals surface area (Å²) in [5.41, 5.74) is 1.36. The lowest BCUT2D eigenvalue weighted by Crippen LogP contribution is -1.86. The van der Waals surface area contributed by atoms with E-state index in [9.17, 15) is 4.39 Å². The smallest absolute Gasteiger partial charge is 0.149 e. The minimum atomic E-state index is -0.273. The Kier molecular flexibility index (Phi) is 5.38. The van der Waals surface area contributed by atoms with E-state index in [0.29, 0.717) is 0 Å². The average molecular weight is 210 g/mol. The van der Waals surface area contributed by atoms with E-state index in [1.807, 2.05) is 18.2 Å². The topological polar surface area (TPSA) is 0 Å². The molecule has 1 aromatic rings. The number of hydrogen-bond acceptors (Lipinski definition) is 1. The zero-order valence-electron chi connectivity index (χ0n) is 8.21. The maximum Gasteiger partial charge on any atom is 0.149 e. The molecule has 0 N–H and O–H groups in total. The third-order valence-corrected chi connectivity index (χ3v) is 2.77. The number of halogens is 1. The van der Waals surface area contributed by atoms with Crippen molar-refractivity contribution in [1.82, 2.24) is 0 Å². The van der Waals surface area contributed by atoms with Crippen molar-refractivity contribution in [2.45, 2.75) is 19.3 Å². The highest BCUT2D eigenvalue weighted by atomic mass is 32.2. The maximum atomic E-state index is 12.2. The van der Waals surface area contributed by atoms with Crippen LogP contribution in [0, 0.1) is 0 Å². The van der Waals surface area contributed by atoms with Crippen LogP contribution < -0.4 is 0 Å². The summed E-state index contributed by atoms with van der Waals surface area (Å²) < 4.78 is 12.2. The summed E-state index contributed by atoms with van der Waals surface area (Å²) in [6, 6.07) is 10.4. The van der Waals surface area contributed by atoms with E-state index in [1.165, 1.54) is 17.3 Å². The van der Waals surface area contributed by atoms with Gasteiger partial charge in [-0.15, -0.1) is 0 Å². The zero-order chi connectivity index (χ0) is 10.2. The second-order valence-electron chi connectivity index (χ2n) is 3.15. The minimum absolute atomic E-state index is 0.273. The predicted molar refractivity (Wildman–Crippen MR) is 62.1 cm³/mol. The molecular weight excluding hydrogens is 195 g/mol. The standard InChI is InChI=1S/C12H15FS/c1-11(13)14-10-6-5-9-12-7-3-2-4-8-12/h2-4,7-8H,1,5-6,9-10H2. The van der Waals surface area contributed by atoms with Crippen LogP contribution in [-0.4, -0.2) is 5.75 Å². The molecule has 1 aromatic carbocycles. The lowest BCUT2D eigenvalue weighted by atomic mass is 10.1. The normalized spacial score (nSPS) is 10.1. The van der Waals surface area contributed by atoms with Gasteiger partial charge in [0.1, 0.15) is 5.16 Å². The fourth-order valence-corrected chi connectivity index (χ4v) is 1.83. The molecule has 1 rings (SSSR count). The van der Waals surface area contributed by atoms with E-state index in [0.717, 1.165) is 25.0 Å². The molecule has 0 aliphatic carbocycles. The van der Waals surface area contributed by atoms with Gasteiger partial charge >= 0.3 is 0 Å². The molecule has 0 atom stereocenters. The van der Waals surface area contributed by atoms with Crippen molar-refractivity contribution in [1.29, 1.82) is 0 Å². The Bertz CT molecular complexity index is 269. The average Bonchev–Trinajstić information content (AvgIpc) is 2.18. The van der Waals surface area contributed by atoms with E-state index >= 15 is 0 Å². The summed E-state index contributed by atoms with van der Waals surface area (Å²) in [6.07, 6.45) is 3.24. The van der Waals surface area contributed by atoms with Crippen LogP contribution in [0.5, 0.6) is 0 Å². The lowest BCUT2D eigenvalue weighted by Gasteiger charge is -2.00. The zero-order valence-corrected chi connectivity index (χ0v) is 9.02. The van der Waals surface area contributed by atoms with Gasteiger partial charge in [-0.05, 0) is 24.8 Å². The molecule has 0 bridgehead atoms. The molecule has 0 amide bonds. The van der Waals surface area contributed by atoms with E-state index in [4.69, 9.17) is 0 Å². The molecule has 0 unspecified atom stereocenters. The molecule has 14 heavy (non-hydrogen) atoms. The van der Waals surface area contributed by atoms with Crippen LogP contribution in [-0.2, 0) is 6.42 Å². The van der Waals surface area contributed by atoms with Crippen LogP contribution in [0.25, 0.3) is 0 Å². The summed E-state index contributed by atoms with van der Waals surface area (Å²) in [6.45, 7) is 3.21. The second-order valence-corrected chi connectivity index (χ2v) is 4.29.